The van der Waals surface area contributed by atoms with Gasteiger partial charge in [-0.1, -0.05) is 0 Å². The van der Waals surface area contributed by atoms with Crippen LogP contribution < -0.4 is 5.32 Å². The van der Waals surface area contributed by atoms with Gasteiger partial charge in [0, 0.05) is 6.07 Å². The number of carbonyl (C=O) groups excluding carboxylic acids is 2. The molecule has 0 spiro atoms. The Labute approximate surface area is 150 Å². The summed E-state index contributed by atoms with van der Waals surface area (Å²) in [6, 6.07) is 3.06. The molecule has 1 amide bonds. The number of nitro groups is 1. The summed E-state index contributed by atoms with van der Waals surface area (Å²) in [4.78, 5) is 33.6. The van der Waals surface area contributed by atoms with Crippen LogP contribution in [0.3, 0.4) is 0 Å². The van der Waals surface area contributed by atoms with E-state index >= 15 is 0 Å². The van der Waals surface area contributed by atoms with Gasteiger partial charge in [0.2, 0.25) is 0 Å². The van der Waals surface area contributed by atoms with Crippen LogP contribution in [0, 0.1) is 24.0 Å². The molecule has 1 aromatic heterocycles. The van der Waals surface area contributed by atoms with E-state index in [1.807, 2.05) is 5.32 Å². The highest BCUT2D eigenvalue weighted by Crippen LogP contribution is 2.34. The largest absolute Gasteiger partial charge is 0.466 e. The summed E-state index contributed by atoms with van der Waals surface area (Å²) in [5.74, 6) is -1.05. The quantitative estimate of drug-likeness (QED) is 0.477. The van der Waals surface area contributed by atoms with Crippen LogP contribution in [0.2, 0.25) is 0 Å². The summed E-state index contributed by atoms with van der Waals surface area (Å²) in [5, 5.41) is 13.0. The van der Waals surface area contributed by atoms with E-state index in [1.54, 1.807) is 6.92 Å². The number of amides is 1. The van der Waals surface area contributed by atoms with E-state index in [0.717, 1.165) is 6.07 Å². The zero-order valence-corrected chi connectivity index (χ0v) is 14.0. The van der Waals surface area contributed by atoms with Crippen molar-refractivity contribution in [3.63, 3.8) is 0 Å². The van der Waals surface area contributed by atoms with E-state index in [4.69, 9.17) is 9.15 Å². The number of anilines is 1. The number of hydrogen-bond acceptors (Lipinski definition) is 6. The number of benzene rings is 1. The van der Waals surface area contributed by atoms with E-state index in [1.165, 1.54) is 13.0 Å². The first-order valence-corrected chi connectivity index (χ1v) is 7.38. The maximum atomic E-state index is 12.7. The molecule has 1 aromatic carbocycles. The monoisotopic (exact) mass is 386 g/mol. The van der Waals surface area contributed by atoms with Gasteiger partial charge < -0.3 is 14.5 Å². The van der Waals surface area contributed by atoms with Gasteiger partial charge in [-0.25, -0.2) is 4.79 Å². The Hall–Kier alpha value is -3.37. The average molecular weight is 386 g/mol. The zero-order valence-electron chi connectivity index (χ0n) is 14.0. The Morgan fingerprint density at radius 2 is 1.93 bits per heavy atom. The lowest BCUT2D eigenvalue weighted by atomic mass is 10.1. The number of halogens is 3. The van der Waals surface area contributed by atoms with Crippen molar-refractivity contribution in [1.82, 2.24) is 0 Å². The van der Waals surface area contributed by atoms with Crippen molar-refractivity contribution in [2.45, 2.75) is 20.0 Å². The van der Waals surface area contributed by atoms with Gasteiger partial charge in [-0.05, 0) is 32.0 Å². The molecule has 0 aliphatic heterocycles. The van der Waals surface area contributed by atoms with Crippen molar-refractivity contribution in [1.29, 1.82) is 0 Å². The Morgan fingerprint density at radius 3 is 2.44 bits per heavy atom. The number of ether oxygens (including phenoxy) is 1. The number of nitrogens with one attached hydrogen (secondary N) is 1. The number of hydrogen-bond donors (Lipinski definition) is 1. The molecule has 0 bridgehead atoms. The van der Waals surface area contributed by atoms with Crippen LogP contribution >= 0.6 is 0 Å². The third-order valence-electron chi connectivity index (χ3n) is 3.39. The van der Waals surface area contributed by atoms with Crippen molar-refractivity contribution in [2.24, 2.45) is 0 Å². The zero-order chi connectivity index (χ0) is 20.4. The fourth-order valence-corrected chi connectivity index (χ4v) is 2.19. The maximum absolute atomic E-state index is 12.7. The molecule has 1 N–H and O–H groups in total. The molecule has 0 atom stereocenters. The second kappa shape index (κ2) is 7.48. The summed E-state index contributed by atoms with van der Waals surface area (Å²) in [6.45, 7) is 2.34. The van der Waals surface area contributed by atoms with Crippen molar-refractivity contribution < 1.29 is 36.8 Å². The van der Waals surface area contributed by atoms with Gasteiger partial charge in [0.15, 0.2) is 6.61 Å². The van der Waals surface area contributed by atoms with Gasteiger partial charge in [0.05, 0.1) is 10.5 Å². The number of aryl methyl sites for hydroxylation is 2. The fraction of sp³-hybridized carbons (Fsp3) is 0.250. The van der Waals surface area contributed by atoms with Crippen LogP contribution in [0.1, 0.15) is 27.4 Å². The molecule has 0 saturated carbocycles. The highest BCUT2D eigenvalue weighted by Gasteiger charge is 2.33. The molecule has 2 rings (SSSR count). The number of esters is 1. The first kappa shape index (κ1) is 19.9. The Bertz CT molecular complexity index is 904. The van der Waals surface area contributed by atoms with E-state index in [-0.39, 0.29) is 11.3 Å². The van der Waals surface area contributed by atoms with Crippen LogP contribution in [0.4, 0.5) is 24.5 Å². The lowest BCUT2D eigenvalue weighted by Crippen LogP contribution is -2.21. The first-order valence-electron chi connectivity index (χ1n) is 7.38. The molecule has 0 saturated heterocycles. The van der Waals surface area contributed by atoms with E-state index in [2.05, 4.69) is 0 Å². The van der Waals surface area contributed by atoms with Gasteiger partial charge in [0.25, 0.3) is 11.6 Å². The third kappa shape index (κ3) is 4.84. The van der Waals surface area contributed by atoms with Crippen molar-refractivity contribution in [3.05, 3.63) is 57.0 Å². The van der Waals surface area contributed by atoms with Crippen molar-refractivity contribution >= 4 is 23.3 Å². The molecule has 0 radical (unpaired) electrons. The van der Waals surface area contributed by atoms with E-state index < -0.39 is 46.5 Å². The number of nitro benzene ring substituents is 1. The highest BCUT2D eigenvalue weighted by molar-refractivity contribution is 5.97. The van der Waals surface area contributed by atoms with Crippen LogP contribution in [0.5, 0.6) is 0 Å². The minimum Gasteiger partial charge on any atom is -0.466 e. The molecular formula is C16H13F3N2O6. The van der Waals surface area contributed by atoms with Crippen LogP contribution in [0.15, 0.2) is 28.7 Å². The van der Waals surface area contributed by atoms with Crippen molar-refractivity contribution in [3.8, 4) is 0 Å². The predicted octanol–water partition coefficient (Wildman–Crippen LogP) is 3.62. The first-order chi connectivity index (χ1) is 12.5. The Balaban J connectivity index is 2.08. The van der Waals surface area contributed by atoms with E-state index in [9.17, 15) is 32.9 Å². The van der Waals surface area contributed by atoms with Gasteiger partial charge in [-0.3, -0.25) is 14.9 Å². The molecule has 0 fully saturated rings. The lowest BCUT2D eigenvalue weighted by molar-refractivity contribution is -0.384. The molecular weight excluding hydrogens is 373 g/mol. The number of rotatable bonds is 5. The summed E-state index contributed by atoms with van der Waals surface area (Å²) >= 11 is 0. The van der Waals surface area contributed by atoms with E-state index in [0.29, 0.717) is 17.9 Å². The van der Waals surface area contributed by atoms with Crippen molar-refractivity contribution in [2.75, 3.05) is 11.9 Å². The molecule has 0 aliphatic rings. The minimum absolute atomic E-state index is 0.112. The molecule has 11 heteroatoms. The van der Waals surface area contributed by atoms with Gasteiger partial charge in [-0.2, -0.15) is 13.2 Å². The van der Waals surface area contributed by atoms with Crippen LogP contribution in [0.25, 0.3) is 0 Å². The Kier molecular flexibility index (Phi) is 5.52. The number of alkyl halides is 3. The van der Waals surface area contributed by atoms with Crippen LogP contribution in [-0.4, -0.2) is 23.4 Å². The summed E-state index contributed by atoms with van der Waals surface area (Å²) in [5.41, 5.74) is -2.51. The highest BCUT2D eigenvalue weighted by atomic mass is 19.4. The molecule has 2 aromatic rings. The summed E-state index contributed by atoms with van der Waals surface area (Å²) in [6.07, 6.45) is -4.77. The minimum atomic E-state index is -4.77. The molecule has 1 heterocycles. The molecule has 0 aliphatic carbocycles. The number of nitrogens with zero attached hydrogens (tertiary/aromatic N) is 1. The molecule has 8 nitrogen and oxygen atoms in total. The normalized spacial score (nSPS) is 11.1. The molecule has 27 heavy (non-hydrogen) atoms. The Morgan fingerprint density at radius 1 is 1.26 bits per heavy atom. The topological polar surface area (TPSA) is 112 Å². The molecule has 0 unspecified atom stereocenters. The summed E-state index contributed by atoms with van der Waals surface area (Å²) in [7, 11) is 0. The maximum Gasteiger partial charge on any atom is 0.416 e. The lowest BCUT2D eigenvalue weighted by Gasteiger charge is -2.10. The second-order valence-electron chi connectivity index (χ2n) is 5.44. The molecule has 144 valence electrons. The van der Waals surface area contributed by atoms with Gasteiger partial charge in [0.1, 0.15) is 22.8 Å². The average Bonchev–Trinajstić information content (AvgIpc) is 2.90. The van der Waals surface area contributed by atoms with Crippen LogP contribution in [-0.2, 0) is 15.7 Å². The number of furan rings is 1. The van der Waals surface area contributed by atoms with Gasteiger partial charge in [-0.15, -0.1) is 0 Å². The standard InChI is InChI=1S/C16H13F3N2O6/c1-8-5-11(9(2)27-8)15(23)26-7-14(22)20-12-4-3-10(16(17,18)19)6-13(12)21(24)25/h3-6H,7H2,1-2H3,(H,20,22). The predicted molar refractivity (Wildman–Crippen MR) is 85.2 cm³/mol. The third-order valence-corrected chi connectivity index (χ3v) is 3.39. The van der Waals surface area contributed by atoms with Gasteiger partial charge >= 0.3 is 12.1 Å². The summed E-state index contributed by atoms with van der Waals surface area (Å²) < 4.78 is 47.9. The smallest absolute Gasteiger partial charge is 0.416 e. The SMILES string of the molecule is Cc1cc(C(=O)OCC(=O)Nc2ccc(C(F)(F)F)cc2[N+](=O)[O-])c(C)o1. The number of carbonyl (C=O) groups is 2. The fourth-order valence-electron chi connectivity index (χ4n) is 2.19. The second-order valence-corrected chi connectivity index (χ2v) is 5.44.